The molecule has 0 bridgehead atoms. The van der Waals surface area contributed by atoms with E-state index in [1.54, 1.807) is 0 Å². The second kappa shape index (κ2) is 7.41. The van der Waals surface area contributed by atoms with Crippen LogP contribution in [0.5, 0.6) is 0 Å². The van der Waals surface area contributed by atoms with Gasteiger partial charge >= 0.3 is 12.4 Å². The lowest BCUT2D eigenvalue weighted by atomic mass is 10.1. The molecule has 0 unspecified atom stereocenters. The average molecular weight is 511 g/mol. The molecule has 1 saturated carbocycles. The standard InChI is InChI=1S/C16H14BrF7N2O2S/c17-11-4-13-10(3-12(11)18)8(5-25-29(27,28)9-1-2-9)6-26(13)7-14(15(19,20)21)16(22,23)24/h3-4,6,9,14,25H,1-2,5,7H2. The summed E-state index contributed by atoms with van der Waals surface area (Å²) in [6.45, 7) is -1.86. The van der Waals surface area contributed by atoms with Gasteiger partial charge in [0.1, 0.15) is 5.82 Å². The van der Waals surface area contributed by atoms with E-state index < -0.39 is 45.9 Å². The number of fused-ring (bicyclic) bond motifs is 1. The van der Waals surface area contributed by atoms with E-state index in [-0.39, 0.29) is 27.5 Å². The molecular weight excluding hydrogens is 497 g/mol. The zero-order valence-corrected chi connectivity index (χ0v) is 16.8. The van der Waals surface area contributed by atoms with Gasteiger partial charge in [0.15, 0.2) is 5.92 Å². The van der Waals surface area contributed by atoms with Gasteiger partial charge in [0.05, 0.1) is 9.72 Å². The van der Waals surface area contributed by atoms with Crippen LogP contribution in [0.3, 0.4) is 0 Å². The molecule has 1 aromatic heterocycles. The van der Waals surface area contributed by atoms with Crippen LogP contribution in [0.4, 0.5) is 30.7 Å². The Bertz CT molecular complexity index is 1010. The molecule has 1 heterocycles. The first-order valence-corrected chi connectivity index (χ1v) is 10.6. The third kappa shape index (κ3) is 4.88. The van der Waals surface area contributed by atoms with Gasteiger partial charge in [-0.2, -0.15) is 26.3 Å². The van der Waals surface area contributed by atoms with E-state index in [0.717, 1.165) is 18.3 Å². The summed E-state index contributed by atoms with van der Waals surface area (Å²) < 4.78 is 118. The summed E-state index contributed by atoms with van der Waals surface area (Å²) in [4.78, 5) is 0. The fraction of sp³-hybridized carbons (Fsp3) is 0.500. The highest BCUT2D eigenvalue weighted by Gasteiger charge is 2.56. The van der Waals surface area contributed by atoms with Gasteiger partial charge in [0, 0.05) is 30.2 Å². The molecule has 13 heteroatoms. The first-order valence-electron chi connectivity index (χ1n) is 8.29. The summed E-state index contributed by atoms with van der Waals surface area (Å²) in [7, 11) is -3.65. The molecule has 1 N–H and O–H groups in total. The van der Waals surface area contributed by atoms with Crippen LogP contribution in [0, 0.1) is 11.7 Å². The van der Waals surface area contributed by atoms with Gasteiger partial charge in [-0.25, -0.2) is 17.5 Å². The molecule has 162 valence electrons. The first kappa shape index (κ1) is 22.3. The van der Waals surface area contributed by atoms with Crippen molar-refractivity contribution in [1.29, 1.82) is 0 Å². The zero-order chi connectivity index (χ0) is 21.8. The van der Waals surface area contributed by atoms with E-state index in [1.807, 2.05) is 0 Å². The normalized spacial score (nSPS) is 16.2. The van der Waals surface area contributed by atoms with Crippen molar-refractivity contribution in [3.8, 4) is 0 Å². The highest BCUT2D eigenvalue weighted by Crippen LogP contribution is 2.41. The van der Waals surface area contributed by atoms with Crippen molar-refractivity contribution in [1.82, 2.24) is 9.29 Å². The van der Waals surface area contributed by atoms with Gasteiger partial charge < -0.3 is 4.57 Å². The first-order chi connectivity index (χ1) is 13.2. The number of nitrogens with one attached hydrogen (secondary N) is 1. The third-order valence-electron chi connectivity index (χ3n) is 4.60. The van der Waals surface area contributed by atoms with E-state index in [2.05, 4.69) is 20.7 Å². The molecule has 0 aliphatic heterocycles. The number of hydrogen-bond acceptors (Lipinski definition) is 2. The van der Waals surface area contributed by atoms with Crippen molar-refractivity contribution in [3.63, 3.8) is 0 Å². The lowest BCUT2D eigenvalue weighted by Crippen LogP contribution is -2.39. The Morgan fingerprint density at radius 3 is 2.24 bits per heavy atom. The van der Waals surface area contributed by atoms with Gasteiger partial charge in [-0.3, -0.25) is 0 Å². The summed E-state index contributed by atoms with van der Waals surface area (Å²) in [6, 6.07) is 2.00. The van der Waals surface area contributed by atoms with Crippen molar-refractivity contribution < 1.29 is 39.2 Å². The molecule has 4 nitrogen and oxygen atoms in total. The molecule has 1 fully saturated rings. The second-order valence-corrected chi connectivity index (χ2v) is 9.69. The minimum Gasteiger partial charge on any atom is -0.346 e. The maximum absolute atomic E-state index is 13.9. The van der Waals surface area contributed by atoms with Gasteiger partial charge in [-0.15, -0.1) is 0 Å². The number of rotatable bonds is 6. The number of alkyl halides is 6. The summed E-state index contributed by atoms with van der Waals surface area (Å²) >= 11 is 2.86. The second-order valence-electron chi connectivity index (χ2n) is 6.79. The number of aromatic nitrogens is 1. The van der Waals surface area contributed by atoms with E-state index in [9.17, 15) is 39.2 Å². The topological polar surface area (TPSA) is 51.1 Å². The molecule has 1 aliphatic rings. The molecule has 1 aliphatic carbocycles. The van der Waals surface area contributed by atoms with Crippen molar-refractivity contribution in [2.75, 3.05) is 0 Å². The van der Waals surface area contributed by atoms with Crippen LogP contribution >= 0.6 is 15.9 Å². The average Bonchev–Trinajstić information content (AvgIpc) is 3.36. The summed E-state index contributed by atoms with van der Waals surface area (Å²) in [5.74, 6) is -4.42. The van der Waals surface area contributed by atoms with Crippen LogP contribution < -0.4 is 4.72 Å². The Balaban J connectivity index is 2.01. The zero-order valence-electron chi connectivity index (χ0n) is 14.4. The number of sulfonamides is 1. The summed E-state index contributed by atoms with van der Waals surface area (Å²) in [5.41, 5.74) is -0.0175. The van der Waals surface area contributed by atoms with E-state index >= 15 is 0 Å². The SMILES string of the molecule is O=S(=O)(NCc1cn(CC(C(F)(F)F)C(F)(F)F)c2cc(Br)c(F)cc12)C1CC1. The number of nitrogens with zero attached hydrogens (tertiary/aromatic N) is 1. The Hall–Kier alpha value is -1.34. The van der Waals surface area contributed by atoms with Gasteiger partial charge in [-0.05, 0) is 46.5 Å². The predicted molar refractivity (Wildman–Crippen MR) is 94.0 cm³/mol. The quantitative estimate of drug-likeness (QED) is 0.564. The van der Waals surface area contributed by atoms with Crippen molar-refractivity contribution in [2.24, 2.45) is 5.92 Å². The molecule has 3 rings (SSSR count). The molecule has 0 saturated heterocycles. The highest BCUT2D eigenvalue weighted by molar-refractivity contribution is 9.10. The molecule has 29 heavy (non-hydrogen) atoms. The third-order valence-corrected chi connectivity index (χ3v) is 7.11. The fourth-order valence-electron chi connectivity index (χ4n) is 2.91. The van der Waals surface area contributed by atoms with Gasteiger partial charge in [0.2, 0.25) is 10.0 Å². The lowest BCUT2D eigenvalue weighted by Gasteiger charge is -2.23. The minimum atomic E-state index is -5.54. The predicted octanol–water partition coefficient (Wildman–Crippen LogP) is 4.87. The van der Waals surface area contributed by atoms with Gasteiger partial charge in [0.25, 0.3) is 0 Å². The van der Waals surface area contributed by atoms with Crippen LogP contribution in [0.2, 0.25) is 0 Å². The Kier molecular flexibility index (Phi) is 5.71. The van der Waals surface area contributed by atoms with Crippen molar-refractivity contribution in [2.45, 2.75) is 43.5 Å². The smallest absolute Gasteiger partial charge is 0.346 e. The maximum Gasteiger partial charge on any atom is 0.402 e. The number of halogens is 8. The molecule has 0 spiro atoms. The Morgan fingerprint density at radius 2 is 1.72 bits per heavy atom. The van der Waals surface area contributed by atoms with E-state index in [0.29, 0.717) is 17.4 Å². The van der Waals surface area contributed by atoms with Crippen molar-refractivity contribution in [3.05, 3.63) is 34.2 Å². The van der Waals surface area contributed by atoms with Gasteiger partial charge in [-0.1, -0.05) is 0 Å². The van der Waals surface area contributed by atoms with Crippen LogP contribution in [-0.2, 0) is 23.1 Å². The van der Waals surface area contributed by atoms with Crippen LogP contribution in [0.25, 0.3) is 10.9 Å². The maximum atomic E-state index is 13.9. The molecule has 0 amide bonds. The highest BCUT2D eigenvalue weighted by atomic mass is 79.9. The summed E-state index contributed by atoms with van der Waals surface area (Å²) in [6.07, 6.45) is -9.16. The molecular formula is C16H14BrF7N2O2S. The largest absolute Gasteiger partial charge is 0.402 e. The monoisotopic (exact) mass is 510 g/mol. The lowest BCUT2D eigenvalue weighted by molar-refractivity contribution is -0.287. The molecule has 0 atom stereocenters. The van der Waals surface area contributed by atoms with E-state index in [1.165, 1.54) is 0 Å². The summed E-state index contributed by atoms with van der Waals surface area (Å²) in [5, 5.41) is -0.547. The molecule has 0 radical (unpaired) electrons. The van der Waals surface area contributed by atoms with Crippen LogP contribution in [0.1, 0.15) is 18.4 Å². The van der Waals surface area contributed by atoms with Crippen LogP contribution in [-0.4, -0.2) is 30.6 Å². The number of hydrogen-bond donors (Lipinski definition) is 1. The fourth-order valence-corrected chi connectivity index (χ4v) is 4.59. The molecule has 1 aromatic carbocycles. The van der Waals surface area contributed by atoms with E-state index in [4.69, 9.17) is 0 Å². The Morgan fingerprint density at radius 1 is 1.14 bits per heavy atom. The molecule has 2 aromatic rings. The minimum absolute atomic E-state index is 0.0206. The Labute approximate surface area is 169 Å². The van der Waals surface area contributed by atoms with Crippen LogP contribution in [0.15, 0.2) is 22.8 Å². The number of benzene rings is 1. The van der Waals surface area contributed by atoms with Crippen molar-refractivity contribution >= 4 is 36.9 Å².